The van der Waals surface area contributed by atoms with Crippen molar-refractivity contribution in [3.8, 4) is 33.4 Å². The lowest BCUT2D eigenvalue weighted by atomic mass is 9.94. The second kappa shape index (κ2) is 12.5. The van der Waals surface area contributed by atoms with E-state index in [4.69, 9.17) is 0 Å². The molecule has 2 aliphatic rings. The molecule has 0 bridgehead atoms. The Kier molecular flexibility index (Phi) is 7.24. The van der Waals surface area contributed by atoms with Gasteiger partial charge in [-0.05, 0) is 94.0 Å². The van der Waals surface area contributed by atoms with Gasteiger partial charge in [-0.15, -0.1) is 0 Å². The normalized spacial score (nSPS) is 12.8. The molecule has 8 aromatic rings. The monoisotopic (exact) mass is 666 g/mol. The van der Waals surface area contributed by atoms with Gasteiger partial charge in [-0.25, -0.2) is 0 Å². The summed E-state index contributed by atoms with van der Waals surface area (Å²) in [6, 6.07) is 56.9. The number of rotatable bonds is 5. The van der Waals surface area contributed by atoms with Gasteiger partial charge in [0.1, 0.15) is 0 Å². The molecule has 0 spiro atoms. The van der Waals surface area contributed by atoms with Gasteiger partial charge in [-0.2, -0.15) is 0 Å². The molecule has 52 heavy (non-hydrogen) atoms. The topological polar surface area (TPSA) is 32.3 Å². The largest absolute Gasteiger partial charge is 0.310 e. The predicted molar refractivity (Wildman–Crippen MR) is 213 cm³/mol. The van der Waals surface area contributed by atoms with Gasteiger partial charge in [0.25, 0.3) is 0 Å². The number of nitrogens with zero attached hydrogens (tertiary/aromatic N) is 4. The lowest BCUT2D eigenvalue weighted by molar-refractivity contribution is 1.09. The average molecular weight is 667 g/mol. The van der Waals surface area contributed by atoms with Gasteiger partial charge < -0.3 is 9.80 Å². The zero-order valence-corrected chi connectivity index (χ0v) is 28.5. The Morgan fingerprint density at radius 1 is 0.308 bits per heavy atom. The van der Waals surface area contributed by atoms with Crippen LogP contribution >= 0.6 is 0 Å². The zero-order chi connectivity index (χ0) is 34.4. The molecule has 0 N–H and O–H groups in total. The third-order valence-electron chi connectivity index (χ3n) is 10.4. The first kappa shape index (κ1) is 30.1. The van der Waals surface area contributed by atoms with Crippen LogP contribution in [0.25, 0.3) is 33.4 Å². The van der Waals surface area contributed by atoms with Crippen LogP contribution in [0.1, 0.15) is 22.3 Å². The third kappa shape index (κ3) is 5.24. The molecule has 2 aromatic heterocycles. The molecule has 6 aromatic carbocycles. The minimum absolute atomic E-state index is 0.948. The summed E-state index contributed by atoms with van der Waals surface area (Å²) in [5.74, 6) is 0. The number of para-hydroxylation sites is 4. The molecule has 0 atom stereocenters. The van der Waals surface area contributed by atoms with E-state index < -0.39 is 0 Å². The van der Waals surface area contributed by atoms with Gasteiger partial charge in [-0.1, -0.05) is 97.1 Å². The fourth-order valence-electron chi connectivity index (χ4n) is 7.86. The van der Waals surface area contributed by atoms with Crippen molar-refractivity contribution in [2.75, 3.05) is 9.80 Å². The van der Waals surface area contributed by atoms with Crippen LogP contribution in [0.15, 0.2) is 183 Å². The molecule has 0 saturated heterocycles. The Morgan fingerprint density at radius 2 is 0.596 bits per heavy atom. The van der Waals surface area contributed by atoms with Crippen LogP contribution < -0.4 is 9.80 Å². The standard InChI is InChI=1S/C48H34N4/c1-5-13-45-35(9-1)25-36-10-2-6-14-46(36)51(45)43-21-17-33(18-22-43)39-27-41(31-49-29-39)42-28-40(30-50-32-42)34-19-23-44(24-20-34)52-47-15-7-3-11-37(47)26-38-12-4-8-16-48(38)52/h1-24,27-32H,25-26H2. The Balaban J connectivity index is 0.931. The summed E-state index contributed by atoms with van der Waals surface area (Å²) in [5.41, 5.74) is 19.1. The Morgan fingerprint density at radius 3 is 0.923 bits per heavy atom. The fourth-order valence-corrected chi connectivity index (χ4v) is 7.86. The van der Waals surface area contributed by atoms with E-state index in [-0.39, 0.29) is 0 Å². The zero-order valence-electron chi connectivity index (χ0n) is 28.5. The predicted octanol–water partition coefficient (Wildman–Crippen LogP) is 12.2. The summed E-state index contributed by atoms with van der Waals surface area (Å²) >= 11 is 0. The van der Waals surface area contributed by atoms with Crippen molar-refractivity contribution in [2.24, 2.45) is 0 Å². The van der Waals surface area contributed by atoms with Gasteiger partial charge in [-0.3, -0.25) is 9.97 Å². The van der Waals surface area contributed by atoms with E-state index >= 15 is 0 Å². The van der Waals surface area contributed by atoms with E-state index in [1.165, 1.54) is 45.0 Å². The summed E-state index contributed by atoms with van der Waals surface area (Å²) in [4.78, 5) is 14.1. The van der Waals surface area contributed by atoms with Gasteiger partial charge in [0.15, 0.2) is 0 Å². The highest BCUT2D eigenvalue weighted by atomic mass is 15.2. The van der Waals surface area contributed by atoms with Gasteiger partial charge in [0.05, 0.1) is 0 Å². The highest BCUT2D eigenvalue weighted by Crippen LogP contribution is 2.45. The van der Waals surface area contributed by atoms with Gasteiger partial charge in [0.2, 0.25) is 0 Å². The Hall–Kier alpha value is -6.78. The van der Waals surface area contributed by atoms with E-state index in [1.807, 2.05) is 24.8 Å². The summed E-state index contributed by atoms with van der Waals surface area (Å²) in [6.07, 6.45) is 9.63. The number of hydrogen-bond acceptors (Lipinski definition) is 4. The van der Waals surface area contributed by atoms with Crippen LogP contribution in [0.2, 0.25) is 0 Å². The number of aromatic nitrogens is 2. The number of hydrogen-bond donors (Lipinski definition) is 0. The van der Waals surface area contributed by atoms with Crippen molar-refractivity contribution < 1.29 is 0 Å². The van der Waals surface area contributed by atoms with Crippen molar-refractivity contribution in [2.45, 2.75) is 12.8 Å². The maximum atomic E-state index is 4.67. The fraction of sp³-hybridized carbons (Fsp3) is 0.0417. The molecule has 0 radical (unpaired) electrons. The van der Waals surface area contributed by atoms with E-state index in [0.717, 1.165) is 57.6 Å². The maximum Gasteiger partial charge on any atom is 0.0497 e. The molecule has 0 fully saturated rings. The molecule has 0 aliphatic carbocycles. The molecule has 0 unspecified atom stereocenters. The van der Waals surface area contributed by atoms with Crippen molar-refractivity contribution in [3.63, 3.8) is 0 Å². The van der Waals surface area contributed by atoms with Crippen molar-refractivity contribution in [1.82, 2.24) is 9.97 Å². The average Bonchev–Trinajstić information content (AvgIpc) is 3.22. The molecule has 4 nitrogen and oxygen atoms in total. The molecule has 0 saturated carbocycles. The molecular weight excluding hydrogens is 633 g/mol. The second-order valence-electron chi connectivity index (χ2n) is 13.6. The maximum absolute atomic E-state index is 4.67. The van der Waals surface area contributed by atoms with E-state index in [9.17, 15) is 0 Å². The Labute approximate surface area is 304 Å². The molecular formula is C48H34N4. The highest BCUT2D eigenvalue weighted by Gasteiger charge is 2.25. The Bertz CT molecular complexity index is 2320. The van der Waals surface area contributed by atoms with Crippen LogP contribution in [0.4, 0.5) is 34.1 Å². The van der Waals surface area contributed by atoms with Crippen LogP contribution in [0, 0.1) is 0 Å². The number of pyridine rings is 2. The SMILES string of the molecule is c1ccc2c(c1)Cc1ccccc1N2c1ccc(-c2cncc(-c3cncc(-c4ccc(N5c6ccccc6Cc6ccccc65)cc4)c3)c2)cc1. The lowest BCUT2D eigenvalue weighted by Crippen LogP contribution is -2.18. The molecule has 246 valence electrons. The van der Waals surface area contributed by atoms with Gasteiger partial charge >= 0.3 is 0 Å². The van der Waals surface area contributed by atoms with Crippen molar-refractivity contribution in [1.29, 1.82) is 0 Å². The molecule has 4 heteroatoms. The third-order valence-corrected chi connectivity index (χ3v) is 10.4. The summed E-state index contributed by atoms with van der Waals surface area (Å²) in [5, 5.41) is 0. The minimum Gasteiger partial charge on any atom is -0.310 e. The smallest absolute Gasteiger partial charge is 0.0497 e. The van der Waals surface area contributed by atoms with Crippen molar-refractivity contribution in [3.05, 3.63) is 205 Å². The summed E-state index contributed by atoms with van der Waals surface area (Å²) in [6.45, 7) is 0. The van der Waals surface area contributed by atoms with E-state index in [2.05, 4.69) is 177 Å². The number of benzene rings is 6. The number of anilines is 6. The molecule has 2 aliphatic heterocycles. The van der Waals surface area contributed by atoms with Crippen LogP contribution in [0.3, 0.4) is 0 Å². The van der Waals surface area contributed by atoms with Crippen molar-refractivity contribution >= 4 is 34.1 Å². The summed E-state index contributed by atoms with van der Waals surface area (Å²) < 4.78 is 0. The van der Waals surface area contributed by atoms with E-state index in [1.54, 1.807) is 0 Å². The molecule has 4 heterocycles. The van der Waals surface area contributed by atoms with Gasteiger partial charge in [0, 0.05) is 94.0 Å². The van der Waals surface area contributed by atoms with Crippen LogP contribution in [-0.2, 0) is 12.8 Å². The first-order valence-electron chi connectivity index (χ1n) is 17.8. The first-order chi connectivity index (χ1) is 25.8. The molecule has 0 amide bonds. The highest BCUT2D eigenvalue weighted by molar-refractivity contribution is 5.86. The lowest BCUT2D eigenvalue weighted by Gasteiger charge is -2.33. The number of fused-ring (bicyclic) bond motifs is 4. The van der Waals surface area contributed by atoms with E-state index in [0.29, 0.717) is 0 Å². The summed E-state index contributed by atoms with van der Waals surface area (Å²) in [7, 11) is 0. The first-order valence-corrected chi connectivity index (χ1v) is 17.8. The van der Waals surface area contributed by atoms with Crippen LogP contribution in [-0.4, -0.2) is 9.97 Å². The molecule has 10 rings (SSSR count). The second-order valence-corrected chi connectivity index (χ2v) is 13.6. The quantitative estimate of drug-likeness (QED) is 0.183. The minimum atomic E-state index is 0.948. The van der Waals surface area contributed by atoms with Crippen LogP contribution in [0.5, 0.6) is 0 Å².